The van der Waals surface area contributed by atoms with Crippen LogP contribution >= 0.6 is 0 Å². The molecule has 25 heavy (non-hydrogen) atoms. The molecular formula is C18H17FN4O2. The van der Waals surface area contributed by atoms with Crippen LogP contribution in [0, 0.1) is 12.7 Å². The lowest BCUT2D eigenvalue weighted by molar-refractivity contribution is 0.262. The lowest BCUT2D eigenvalue weighted by Gasteiger charge is -2.09. The summed E-state index contributed by atoms with van der Waals surface area (Å²) in [6, 6.07) is 14.1. The van der Waals surface area contributed by atoms with Crippen LogP contribution in [-0.4, -0.2) is 15.2 Å². The summed E-state index contributed by atoms with van der Waals surface area (Å²) < 4.78 is 15.8. The number of hydrogen-bond donors (Lipinski definition) is 2. The summed E-state index contributed by atoms with van der Waals surface area (Å²) in [5.41, 5.74) is 1.50. The third-order valence-electron chi connectivity index (χ3n) is 3.84. The monoisotopic (exact) mass is 340 g/mol. The van der Waals surface area contributed by atoms with Crippen LogP contribution in [-0.2, 0) is 7.05 Å². The maximum absolute atomic E-state index is 12.9. The number of nitrogens with zero attached hydrogens (tertiary/aromatic N) is 2. The standard InChI is InChI=1S/C18H17FN4O2/c1-12-16(21-17(24)20-14-10-8-13(19)9-11-14)22(2)18(25)23(12)15-6-4-3-5-7-15/h3-11H,1-2H3,(H2,20,21,24). The zero-order chi connectivity index (χ0) is 18.0. The van der Waals surface area contributed by atoms with Crippen molar-refractivity contribution in [2.75, 3.05) is 10.6 Å². The summed E-state index contributed by atoms with van der Waals surface area (Å²) in [5, 5.41) is 5.27. The summed E-state index contributed by atoms with van der Waals surface area (Å²) in [6.07, 6.45) is 0. The van der Waals surface area contributed by atoms with E-state index in [9.17, 15) is 14.0 Å². The highest BCUT2D eigenvalue weighted by Gasteiger charge is 2.17. The first-order valence-electron chi connectivity index (χ1n) is 7.64. The predicted octanol–water partition coefficient (Wildman–Crippen LogP) is 3.27. The van der Waals surface area contributed by atoms with E-state index >= 15 is 0 Å². The average molecular weight is 340 g/mol. The first-order valence-corrected chi connectivity index (χ1v) is 7.64. The van der Waals surface area contributed by atoms with Gasteiger partial charge in [0, 0.05) is 12.7 Å². The molecule has 7 heteroatoms. The molecular weight excluding hydrogens is 323 g/mol. The zero-order valence-corrected chi connectivity index (χ0v) is 13.8. The largest absolute Gasteiger partial charge is 0.334 e. The van der Waals surface area contributed by atoms with Crippen LogP contribution in [0.1, 0.15) is 5.69 Å². The summed E-state index contributed by atoms with van der Waals surface area (Å²) in [5.74, 6) is -0.00222. The third-order valence-corrected chi connectivity index (χ3v) is 3.84. The molecule has 0 bridgehead atoms. The molecule has 0 saturated carbocycles. The van der Waals surface area contributed by atoms with Crippen LogP contribution in [0.15, 0.2) is 59.4 Å². The molecule has 128 valence electrons. The number of amides is 2. The van der Waals surface area contributed by atoms with Gasteiger partial charge in [0.15, 0.2) is 0 Å². The van der Waals surface area contributed by atoms with Crippen molar-refractivity contribution in [1.29, 1.82) is 0 Å². The molecule has 0 radical (unpaired) electrons. The Hall–Kier alpha value is -3.35. The number of rotatable bonds is 3. The molecule has 0 spiro atoms. The van der Waals surface area contributed by atoms with Gasteiger partial charge >= 0.3 is 11.7 Å². The number of hydrogen-bond acceptors (Lipinski definition) is 2. The second-order valence-corrected chi connectivity index (χ2v) is 5.53. The summed E-state index contributed by atoms with van der Waals surface area (Å²) >= 11 is 0. The van der Waals surface area contributed by atoms with Gasteiger partial charge in [-0.3, -0.25) is 14.5 Å². The molecule has 1 heterocycles. The lowest BCUT2D eigenvalue weighted by atomic mass is 10.3. The first-order chi connectivity index (χ1) is 12.0. The molecule has 0 atom stereocenters. The van der Waals surface area contributed by atoms with Crippen LogP contribution in [0.4, 0.5) is 20.7 Å². The predicted molar refractivity (Wildman–Crippen MR) is 94.8 cm³/mol. The number of carbonyl (C=O) groups excluding carboxylic acids is 1. The van der Waals surface area contributed by atoms with Crippen molar-refractivity contribution < 1.29 is 9.18 Å². The number of nitrogens with one attached hydrogen (secondary N) is 2. The number of halogens is 1. The van der Waals surface area contributed by atoms with Crippen LogP contribution in [0.25, 0.3) is 5.69 Å². The number of benzene rings is 2. The van der Waals surface area contributed by atoms with Gasteiger partial charge < -0.3 is 5.32 Å². The minimum atomic E-state index is -0.518. The molecule has 2 amide bonds. The van der Waals surface area contributed by atoms with Crippen molar-refractivity contribution in [2.45, 2.75) is 6.92 Å². The fourth-order valence-corrected chi connectivity index (χ4v) is 2.60. The van der Waals surface area contributed by atoms with Gasteiger partial charge in [-0.1, -0.05) is 18.2 Å². The smallest absolute Gasteiger partial charge is 0.308 e. The van der Waals surface area contributed by atoms with Crippen molar-refractivity contribution in [3.8, 4) is 5.69 Å². The Morgan fingerprint density at radius 2 is 1.64 bits per heavy atom. The van der Waals surface area contributed by atoms with E-state index in [1.165, 1.54) is 33.4 Å². The second kappa shape index (κ2) is 6.64. The Labute approximate surface area is 143 Å². The highest BCUT2D eigenvalue weighted by molar-refractivity contribution is 5.99. The second-order valence-electron chi connectivity index (χ2n) is 5.53. The molecule has 3 aromatic rings. The highest BCUT2D eigenvalue weighted by atomic mass is 19.1. The third kappa shape index (κ3) is 3.30. The van der Waals surface area contributed by atoms with Gasteiger partial charge in [-0.05, 0) is 43.3 Å². The molecule has 6 nitrogen and oxygen atoms in total. The summed E-state index contributed by atoms with van der Waals surface area (Å²) in [7, 11) is 1.59. The number of urea groups is 1. The number of imidazole rings is 1. The average Bonchev–Trinajstić information content (AvgIpc) is 2.81. The molecule has 0 fully saturated rings. The van der Waals surface area contributed by atoms with E-state index in [1.807, 2.05) is 30.3 Å². The van der Waals surface area contributed by atoms with Crippen LogP contribution < -0.4 is 16.3 Å². The summed E-state index contributed by atoms with van der Waals surface area (Å²) in [6.45, 7) is 1.75. The van der Waals surface area contributed by atoms with Gasteiger partial charge in [0.1, 0.15) is 11.6 Å². The number of anilines is 2. The van der Waals surface area contributed by atoms with Crippen molar-refractivity contribution in [3.63, 3.8) is 0 Å². The maximum atomic E-state index is 12.9. The fourth-order valence-electron chi connectivity index (χ4n) is 2.60. The van der Waals surface area contributed by atoms with E-state index in [0.29, 0.717) is 22.9 Å². The van der Waals surface area contributed by atoms with E-state index in [2.05, 4.69) is 10.6 Å². The van der Waals surface area contributed by atoms with Crippen molar-refractivity contribution >= 4 is 17.5 Å². The van der Waals surface area contributed by atoms with Gasteiger partial charge in [0.05, 0.1) is 11.4 Å². The molecule has 0 aliphatic heterocycles. The molecule has 2 aromatic carbocycles. The Balaban J connectivity index is 1.87. The molecule has 2 N–H and O–H groups in total. The van der Waals surface area contributed by atoms with E-state index in [1.54, 1.807) is 14.0 Å². The van der Waals surface area contributed by atoms with Gasteiger partial charge in [-0.2, -0.15) is 0 Å². The quantitative estimate of drug-likeness (QED) is 0.768. The van der Waals surface area contributed by atoms with E-state index in [0.717, 1.165) is 0 Å². The topological polar surface area (TPSA) is 68.1 Å². The van der Waals surface area contributed by atoms with E-state index in [-0.39, 0.29) is 11.5 Å². The Morgan fingerprint density at radius 1 is 1.00 bits per heavy atom. The molecule has 0 aliphatic carbocycles. The minimum absolute atomic E-state index is 0.263. The molecule has 3 rings (SSSR count). The number of aromatic nitrogens is 2. The SMILES string of the molecule is Cc1c(NC(=O)Nc2ccc(F)cc2)n(C)c(=O)n1-c1ccccc1. The van der Waals surface area contributed by atoms with Crippen molar-refractivity contribution in [2.24, 2.45) is 7.05 Å². The van der Waals surface area contributed by atoms with Gasteiger partial charge in [-0.15, -0.1) is 0 Å². The van der Waals surface area contributed by atoms with Crippen LogP contribution in [0.5, 0.6) is 0 Å². The molecule has 0 unspecified atom stereocenters. The van der Waals surface area contributed by atoms with Crippen molar-refractivity contribution in [1.82, 2.24) is 9.13 Å². The minimum Gasteiger partial charge on any atom is -0.308 e. The van der Waals surface area contributed by atoms with E-state index in [4.69, 9.17) is 0 Å². The highest BCUT2D eigenvalue weighted by Crippen LogP contribution is 2.17. The normalized spacial score (nSPS) is 10.5. The Bertz CT molecular complexity index is 959. The Morgan fingerprint density at radius 3 is 2.28 bits per heavy atom. The van der Waals surface area contributed by atoms with Gasteiger partial charge in [0.2, 0.25) is 0 Å². The molecule has 0 saturated heterocycles. The number of para-hydroxylation sites is 1. The van der Waals surface area contributed by atoms with Gasteiger partial charge in [0.25, 0.3) is 0 Å². The Kier molecular flexibility index (Phi) is 4.38. The maximum Gasteiger partial charge on any atom is 0.334 e. The lowest BCUT2D eigenvalue weighted by Crippen LogP contribution is -2.24. The summed E-state index contributed by atoms with van der Waals surface area (Å²) in [4.78, 5) is 24.7. The van der Waals surface area contributed by atoms with Gasteiger partial charge in [-0.25, -0.2) is 14.0 Å². The fraction of sp³-hybridized carbons (Fsp3) is 0.111. The molecule has 0 aliphatic rings. The van der Waals surface area contributed by atoms with Crippen molar-refractivity contribution in [3.05, 3.63) is 76.6 Å². The van der Waals surface area contributed by atoms with Crippen LogP contribution in [0.2, 0.25) is 0 Å². The first kappa shape index (κ1) is 16.5. The van der Waals surface area contributed by atoms with E-state index < -0.39 is 6.03 Å². The van der Waals surface area contributed by atoms with Crippen LogP contribution in [0.3, 0.4) is 0 Å². The zero-order valence-electron chi connectivity index (χ0n) is 13.8. The number of carbonyl (C=O) groups is 1. The molecule has 1 aromatic heterocycles.